The molecular formula is C16H15ClN4O4S2. The first-order valence-corrected chi connectivity index (χ1v) is 10.3. The number of fused-ring (bicyclic) bond motifs is 1. The van der Waals surface area contributed by atoms with E-state index in [0.717, 1.165) is 21.9 Å². The second-order valence-electron chi connectivity index (χ2n) is 5.75. The van der Waals surface area contributed by atoms with Gasteiger partial charge in [0.25, 0.3) is 0 Å². The molecule has 0 aliphatic carbocycles. The van der Waals surface area contributed by atoms with Crippen molar-refractivity contribution in [3.63, 3.8) is 0 Å². The Bertz CT molecular complexity index is 1170. The fourth-order valence-electron chi connectivity index (χ4n) is 2.44. The van der Waals surface area contributed by atoms with Crippen LogP contribution in [0.5, 0.6) is 0 Å². The zero-order chi connectivity index (χ0) is 19.9. The lowest BCUT2D eigenvalue weighted by Crippen LogP contribution is -2.14. The number of halogens is 1. The molecule has 4 N–H and O–H groups in total. The van der Waals surface area contributed by atoms with E-state index < -0.39 is 16.0 Å². The van der Waals surface area contributed by atoms with E-state index in [9.17, 15) is 13.2 Å². The number of aromatic nitrogens is 2. The van der Waals surface area contributed by atoms with E-state index in [1.807, 2.05) is 13.8 Å². The summed E-state index contributed by atoms with van der Waals surface area (Å²) in [4.78, 5) is 22.4. The largest absolute Gasteiger partial charge is 0.454 e. The normalized spacial score (nSPS) is 11.7. The third-order valence-electron chi connectivity index (χ3n) is 3.92. The van der Waals surface area contributed by atoms with Crippen LogP contribution in [0.4, 0.5) is 5.82 Å². The Kier molecular flexibility index (Phi) is 5.08. The van der Waals surface area contributed by atoms with Gasteiger partial charge in [-0.2, -0.15) is 0 Å². The molecule has 0 saturated carbocycles. The van der Waals surface area contributed by atoms with E-state index in [0.29, 0.717) is 10.6 Å². The van der Waals surface area contributed by atoms with Gasteiger partial charge < -0.3 is 10.5 Å². The van der Waals surface area contributed by atoms with Crippen molar-refractivity contribution < 1.29 is 17.9 Å². The summed E-state index contributed by atoms with van der Waals surface area (Å²) in [7, 11) is -3.98. The Morgan fingerprint density at radius 1 is 1.30 bits per heavy atom. The van der Waals surface area contributed by atoms with Gasteiger partial charge in [0.15, 0.2) is 12.4 Å². The van der Waals surface area contributed by atoms with E-state index in [-0.39, 0.29) is 27.9 Å². The molecule has 27 heavy (non-hydrogen) atoms. The molecule has 1 aromatic carbocycles. The molecule has 0 atom stereocenters. The first-order chi connectivity index (χ1) is 12.6. The van der Waals surface area contributed by atoms with Crippen molar-refractivity contribution in [3.05, 3.63) is 45.1 Å². The second kappa shape index (κ2) is 7.04. The average Bonchev–Trinajstić information content (AvgIpc) is 2.86. The molecule has 2 aromatic heterocycles. The van der Waals surface area contributed by atoms with E-state index in [2.05, 4.69) is 9.97 Å². The molecule has 142 valence electrons. The number of hydrogen-bond acceptors (Lipinski definition) is 8. The number of nitrogens with two attached hydrogens (primary N) is 2. The highest BCUT2D eigenvalue weighted by atomic mass is 35.5. The lowest BCUT2D eigenvalue weighted by atomic mass is 10.2. The van der Waals surface area contributed by atoms with Crippen LogP contribution >= 0.6 is 22.9 Å². The van der Waals surface area contributed by atoms with E-state index >= 15 is 0 Å². The number of nitrogen functional groups attached to an aromatic ring is 1. The van der Waals surface area contributed by atoms with Gasteiger partial charge in [0, 0.05) is 4.88 Å². The van der Waals surface area contributed by atoms with Crippen LogP contribution in [-0.4, -0.2) is 24.4 Å². The topological polar surface area (TPSA) is 138 Å². The first-order valence-electron chi connectivity index (χ1n) is 7.59. The molecular weight excluding hydrogens is 412 g/mol. The number of carbonyl (C=O) groups excluding carboxylic acids is 1. The lowest BCUT2D eigenvalue weighted by Gasteiger charge is -2.08. The number of anilines is 1. The van der Waals surface area contributed by atoms with Crippen molar-refractivity contribution in [2.75, 3.05) is 5.73 Å². The number of aryl methyl sites for hydroxylation is 2. The number of sulfonamides is 1. The monoisotopic (exact) mass is 426 g/mol. The first kappa shape index (κ1) is 19.5. The zero-order valence-corrected chi connectivity index (χ0v) is 16.7. The molecule has 0 fully saturated rings. The fourth-order valence-corrected chi connectivity index (χ4v) is 4.23. The number of hydrogen-bond donors (Lipinski definition) is 2. The fraction of sp³-hybridized carbons (Fsp3) is 0.188. The van der Waals surface area contributed by atoms with Gasteiger partial charge in [-0.25, -0.2) is 28.3 Å². The molecule has 3 rings (SSSR count). The van der Waals surface area contributed by atoms with Crippen LogP contribution in [0.25, 0.3) is 10.2 Å². The summed E-state index contributed by atoms with van der Waals surface area (Å²) in [5.41, 5.74) is 6.89. The maximum Gasteiger partial charge on any atom is 0.340 e. The van der Waals surface area contributed by atoms with Crippen molar-refractivity contribution in [1.29, 1.82) is 0 Å². The van der Waals surface area contributed by atoms with Gasteiger partial charge in [-0.15, -0.1) is 11.3 Å². The minimum atomic E-state index is -3.98. The third-order valence-corrected chi connectivity index (χ3v) is 6.26. The highest BCUT2D eigenvalue weighted by Crippen LogP contribution is 2.32. The lowest BCUT2D eigenvalue weighted by molar-refractivity contribution is 0.0462. The summed E-state index contributed by atoms with van der Waals surface area (Å²) in [5, 5.41) is 5.89. The van der Waals surface area contributed by atoms with Crippen molar-refractivity contribution in [2.45, 2.75) is 25.3 Å². The van der Waals surface area contributed by atoms with Gasteiger partial charge in [-0.1, -0.05) is 11.6 Å². The van der Waals surface area contributed by atoms with Gasteiger partial charge in [0.1, 0.15) is 10.6 Å². The second-order valence-corrected chi connectivity index (χ2v) is 8.92. The molecule has 8 nitrogen and oxygen atoms in total. The minimum absolute atomic E-state index is 0.0350. The molecule has 0 aliphatic rings. The Balaban J connectivity index is 1.85. The molecule has 0 saturated heterocycles. The van der Waals surface area contributed by atoms with E-state index in [1.165, 1.54) is 23.5 Å². The SMILES string of the molecule is Cc1sc2nc(COC(=O)c3cc(S(N)(=O)=O)ccc3Cl)nc(N)c2c1C. The third kappa shape index (κ3) is 3.88. The molecule has 3 aromatic rings. The number of thiophene rings is 1. The van der Waals surface area contributed by atoms with Crippen molar-refractivity contribution >= 4 is 55.0 Å². The highest BCUT2D eigenvalue weighted by molar-refractivity contribution is 7.89. The van der Waals surface area contributed by atoms with Gasteiger partial charge in [-0.05, 0) is 37.6 Å². The molecule has 0 bridgehead atoms. The molecule has 0 radical (unpaired) electrons. The van der Waals surface area contributed by atoms with Crippen molar-refractivity contribution in [3.8, 4) is 0 Å². The molecule has 2 heterocycles. The Hall–Kier alpha value is -2.27. The number of benzene rings is 1. The van der Waals surface area contributed by atoms with Crippen LogP contribution in [0.3, 0.4) is 0 Å². The standard InChI is InChI=1S/C16H15ClN4O4S2/c1-7-8(2)26-15-13(7)14(18)20-12(21-15)6-25-16(22)10-5-9(27(19,23)24)3-4-11(10)17/h3-5H,6H2,1-2H3,(H2,18,20,21)(H2,19,23,24). The number of primary sulfonamides is 1. The molecule has 11 heteroatoms. The van der Waals surface area contributed by atoms with Gasteiger partial charge in [0.05, 0.1) is 20.9 Å². The van der Waals surface area contributed by atoms with Crippen LogP contribution < -0.4 is 10.9 Å². The maximum atomic E-state index is 12.3. The quantitative estimate of drug-likeness (QED) is 0.611. The van der Waals surface area contributed by atoms with E-state index in [1.54, 1.807) is 0 Å². The molecule has 0 unspecified atom stereocenters. The summed E-state index contributed by atoms with van der Waals surface area (Å²) in [6.07, 6.45) is 0. The highest BCUT2D eigenvalue weighted by Gasteiger charge is 2.18. The zero-order valence-electron chi connectivity index (χ0n) is 14.3. The van der Waals surface area contributed by atoms with Crippen LogP contribution in [-0.2, 0) is 21.4 Å². The van der Waals surface area contributed by atoms with Gasteiger partial charge in [-0.3, -0.25) is 0 Å². The number of nitrogens with zero attached hydrogens (tertiary/aromatic N) is 2. The summed E-state index contributed by atoms with van der Waals surface area (Å²) in [6.45, 7) is 3.65. The maximum absolute atomic E-state index is 12.3. The minimum Gasteiger partial charge on any atom is -0.454 e. The van der Waals surface area contributed by atoms with Gasteiger partial charge in [0.2, 0.25) is 10.0 Å². The van der Waals surface area contributed by atoms with Gasteiger partial charge >= 0.3 is 5.97 Å². The van der Waals surface area contributed by atoms with Crippen molar-refractivity contribution in [2.24, 2.45) is 5.14 Å². The molecule has 0 amide bonds. The number of rotatable bonds is 4. The smallest absolute Gasteiger partial charge is 0.340 e. The Morgan fingerprint density at radius 3 is 2.67 bits per heavy atom. The molecule has 0 spiro atoms. The summed E-state index contributed by atoms with van der Waals surface area (Å²) >= 11 is 7.43. The van der Waals surface area contributed by atoms with Crippen LogP contribution in [0.15, 0.2) is 23.1 Å². The molecule has 0 aliphatic heterocycles. The Morgan fingerprint density at radius 2 is 2.00 bits per heavy atom. The number of carbonyl (C=O) groups is 1. The Labute approximate surface area is 164 Å². The predicted molar refractivity (Wildman–Crippen MR) is 103 cm³/mol. The van der Waals surface area contributed by atoms with Crippen molar-refractivity contribution in [1.82, 2.24) is 9.97 Å². The summed E-state index contributed by atoms with van der Waals surface area (Å²) < 4.78 is 28.0. The number of esters is 1. The van der Waals surface area contributed by atoms with E-state index in [4.69, 9.17) is 27.2 Å². The van der Waals surface area contributed by atoms with Crippen LogP contribution in [0.2, 0.25) is 5.02 Å². The van der Waals surface area contributed by atoms with Crippen LogP contribution in [0.1, 0.15) is 26.6 Å². The van der Waals surface area contributed by atoms with Crippen LogP contribution in [0, 0.1) is 13.8 Å². The summed E-state index contributed by atoms with van der Waals surface area (Å²) in [6, 6.07) is 3.52. The summed E-state index contributed by atoms with van der Waals surface area (Å²) in [5.74, 6) is -0.290. The number of ether oxygens (including phenoxy) is 1. The average molecular weight is 427 g/mol. The predicted octanol–water partition coefficient (Wildman–Crippen LogP) is 2.55.